The highest BCUT2D eigenvalue weighted by Crippen LogP contribution is 2.32. The van der Waals surface area contributed by atoms with Crippen molar-refractivity contribution in [3.63, 3.8) is 0 Å². The minimum absolute atomic E-state index is 0.223. The van der Waals surface area contributed by atoms with Gasteiger partial charge in [0, 0.05) is 43.1 Å². The Bertz CT molecular complexity index is 1270. The van der Waals surface area contributed by atoms with Crippen molar-refractivity contribution in [2.45, 2.75) is 50.5 Å². The van der Waals surface area contributed by atoms with Gasteiger partial charge in [-0.1, -0.05) is 0 Å². The van der Waals surface area contributed by atoms with Gasteiger partial charge in [0.25, 0.3) is 0 Å². The number of esters is 1. The molecule has 0 spiro atoms. The number of thioether (sulfide) groups is 1. The molecule has 0 unspecified atom stereocenters. The number of rotatable bonds is 10. The number of carbonyl (C=O) groups excluding carboxylic acids is 3. The van der Waals surface area contributed by atoms with Crippen LogP contribution in [-0.4, -0.2) is 57.0 Å². The summed E-state index contributed by atoms with van der Waals surface area (Å²) in [6.07, 6.45) is 4.77. The van der Waals surface area contributed by atoms with Crippen molar-refractivity contribution in [1.29, 1.82) is 0 Å². The van der Waals surface area contributed by atoms with E-state index >= 15 is 0 Å². The second-order valence-corrected chi connectivity index (χ2v) is 10.5. The number of benzene rings is 1. The van der Waals surface area contributed by atoms with E-state index in [4.69, 9.17) is 13.9 Å². The number of nitrogens with zero attached hydrogens (tertiary/aromatic N) is 2. The van der Waals surface area contributed by atoms with Gasteiger partial charge in [0.15, 0.2) is 12.2 Å². The third kappa shape index (κ3) is 8.32. The van der Waals surface area contributed by atoms with Crippen LogP contribution < -0.4 is 15.4 Å². The molecule has 2 amide bonds. The number of methoxy groups -OCH3 is 1. The number of carbonyl (C=O) groups is 3. The fraction of sp³-hybridized carbons (Fsp3) is 0.346. The van der Waals surface area contributed by atoms with E-state index in [1.807, 2.05) is 13.8 Å². The summed E-state index contributed by atoms with van der Waals surface area (Å²) >= 11 is 1.43. The second-order valence-electron chi connectivity index (χ2n) is 9.39. The molecule has 0 aliphatic heterocycles. The number of nitrogens with one attached hydrogen (secondary N) is 2. The van der Waals surface area contributed by atoms with Crippen LogP contribution in [0.5, 0.6) is 5.75 Å². The zero-order chi connectivity index (χ0) is 27.9. The normalized spacial score (nSPS) is 11.5. The first kappa shape index (κ1) is 28.7. The van der Waals surface area contributed by atoms with Gasteiger partial charge in [-0.25, -0.2) is 14.8 Å². The first-order chi connectivity index (χ1) is 17.9. The summed E-state index contributed by atoms with van der Waals surface area (Å²) in [5, 5.41) is 15.6. The molecule has 3 rings (SSSR count). The molecule has 12 heteroatoms. The van der Waals surface area contributed by atoms with Crippen molar-refractivity contribution < 1.29 is 33.4 Å². The Labute approximate surface area is 224 Å². The molecule has 2 aromatic heterocycles. The minimum Gasteiger partial charge on any atom is -0.496 e. The smallest absolute Gasteiger partial charge is 0.342 e. The van der Waals surface area contributed by atoms with E-state index in [2.05, 4.69) is 20.6 Å². The monoisotopic (exact) mass is 542 g/mol. The van der Waals surface area contributed by atoms with E-state index in [1.165, 1.54) is 45.3 Å². The number of aromatic nitrogens is 2. The number of oxazole rings is 1. The van der Waals surface area contributed by atoms with Gasteiger partial charge in [-0.15, -0.1) is 11.8 Å². The predicted octanol–water partition coefficient (Wildman–Crippen LogP) is 3.65. The predicted molar refractivity (Wildman–Crippen MR) is 141 cm³/mol. The van der Waals surface area contributed by atoms with E-state index in [1.54, 1.807) is 36.5 Å². The molecular formula is C26H30N4O7S. The van der Waals surface area contributed by atoms with Crippen molar-refractivity contribution in [3.05, 3.63) is 54.7 Å². The van der Waals surface area contributed by atoms with Crippen LogP contribution in [0.15, 0.2) is 58.6 Å². The van der Waals surface area contributed by atoms with Gasteiger partial charge in [0.1, 0.15) is 5.75 Å². The van der Waals surface area contributed by atoms with E-state index in [9.17, 15) is 19.5 Å². The van der Waals surface area contributed by atoms with Crippen LogP contribution in [0.4, 0.5) is 5.69 Å². The van der Waals surface area contributed by atoms with E-state index in [-0.39, 0.29) is 5.56 Å². The molecule has 11 nitrogen and oxygen atoms in total. The lowest BCUT2D eigenvalue weighted by molar-refractivity contribution is -0.137. The first-order valence-corrected chi connectivity index (χ1v) is 12.6. The van der Waals surface area contributed by atoms with Gasteiger partial charge in [-0.3, -0.25) is 9.59 Å². The molecule has 0 atom stereocenters. The zero-order valence-corrected chi connectivity index (χ0v) is 22.5. The number of ether oxygens (including phenoxy) is 2. The molecule has 1 aromatic carbocycles. The Morgan fingerprint density at radius 3 is 2.45 bits per heavy atom. The fourth-order valence-electron chi connectivity index (χ4n) is 3.22. The standard InChI is InChI=1S/C26H30N4O7S/c1-25(2,10-11-38-21-9-6-16(13-28-21)24(33)37-26(3,4)34)30-23(32)22(31)29-17-7-8-18(19(12-17)35-5)20-14-27-15-36-20/h6-9,12-15,34H,10-11H2,1-5H3,(H,29,31)(H,30,32). The average Bonchev–Trinajstić information content (AvgIpc) is 3.37. The summed E-state index contributed by atoms with van der Waals surface area (Å²) in [4.78, 5) is 45.1. The minimum atomic E-state index is -1.58. The topological polar surface area (TPSA) is 153 Å². The zero-order valence-electron chi connectivity index (χ0n) is 21.7. The van der Waals surface area contributed by atoms with Crippen molar-refractivity contribution in [3.8, 4) is 17.1 Å². The molecule has 0 saturated carbocycles. The lowest BCUT2D eigenvalue weighted by Crippen LogP contribution is -2.48. The molecule has 0 bridgehead atoms. The molecule has 3 N–H and O–H groups in total. The largest absolute Gasteiger partial charge is 0.496 e. The molecule has 3 aromatic rings. The van der Waals surface area contributed by atoms with Crippen LogP contribution in [0.25, 0.3) is 11.3 Å². The number of pyridine rings is 1. The lowest BCUT2D eigenvalue weighted by atomic mass is 10.0. The molecule has 38 heavy (non-hydrogen) atoms. The van der Waals surface area contributed by atoms with E-state index in [0.717, 1.165) is 0 Å². The van der Waals surface area contributed by atoms with Crippen LogP contribution in [0.3, 0.4) is 0 Å². The summed E-state index contributed by atoms with van der Waals surface area (Å²) in [6.45, 7) is 6.36. The molecule has 0 aliphatic rings. The lowest BCUT2D eigenvalue weighted by Gasteiger charge is -2.25. The third-order valence-electron chi connectivity index (χ3n) is 5.11. The highest BCUT2D eigenvalue weighted by atomic mass is 32.2. The molecule has 202 valence electrons. The molecular weight excluding hydrogens is 512 g/mol. The summed E-state index contributed by atoms with van der Waals surface area (Å²) in [5.74, 6) is -2.28. The van der Waals surface area contributed by atoms with Crippen molar-refractivity contribution in [2.24, 2.45) is 0 Å². The van der Waals surface area contributed by atoms with E-state index < -0.39 is 29.1 Å². The van der Waals surface area contributed by atoms with Gasteiger partial charge in [-0.2, -0.15) is 0 Å². The molecule has 0 radical (unpaired) electrons. The Balaban J connectivity index is 1.49. The van der Waals surface area contributed by atoms with Crippen molar-refractivity contribution in [1.82, 2.24) is 15.3 Å². The average molecular weight is 543 g/mol. The highest BCUT2D eigenvalue weighted by molar-refractivity contribution is 7.99. The van der Waals surface area contributed by atoms with Gasteiger partial charge in [0.2, 0.25) is 5.79 Å². The summed E-state index contributed by atoms with van der Waals surface area (Å²) in [6, 6.07) is 8.16. The van der Waals surface area contributed by atoms with Crippen LogP contribution in [0.1, 0.15) is 44.5 Å². The number of hydrogen-bond acceptors (Lipinski definition) is 10. The van der Waals surface area contributed by atoms with Gasteiger partial charge in [0.05, 0.1) is 29.5 Å². The third-order valence-corrected chi connectivity index (χ3v) is 6.05. The SMILES string of the molecule is COc1cc(NC(=O)C(=O)NC(C)(C)CCSc2ccc(C(=O)OC(C)(C)O)cn2)ccc1-c1cnco1. The number of hydrogen-bond donors (Lipinski definition) is 3. The van der Waals surface area contributed by atoms with E-state index in [0.29, 0.717) is 40.0 Å². The second kappa shape index (κ2) is 12.1. The maximum Gasteiger partial charge on any atom is 0.342 e. The number of aliphatic hydroxyl groups is 1. The van der Waals surface area contributed by atoms with Crippen LogP contribution in [0, 0.1) is 0 Å². The quantitative estimate of drug-likeness (QED) is 0.150. The van der Waals surface area contributed by atoms with Crippen LogP contribution >= 0.6 is 11.8 Å². The molecule has 0 fully saturated rings. The maximum absolute atomic E-state index is 12.5. The Hall–Kier alpha value is -3.90. The van der Waals surface area contributed by atoms with Crippen molar-refractivity contribution in [2.75, 3.05) is 18.2 Å². The van der Waals surface area contributed by atoms with Crippen LogP contribution in [0.2, 0.25) is 0 Å². The first-order valence-electron chi connectivity index (χ1n) is 11.6. The summed E-state index contributed by atoms with van der Waals surface area (Å²) in [7, 11) is 1.49. The molecule has 0 saturated heterocycles. The fourth-order valence-corrected chi connectivity index (χ4v) is 4.33. The van der Waals surface area contributed by atoms with Gasteiger partial charge < -0.3 is 29.6 Å². The van der Waals surface area contributed by atoms with Gasteiger partial charge in [-0.05, 0) is 44.5 Å². The number of anilines is 1. The molecule has 0 aliphatic carbocycles. The Kier molecular flexibility index (Phi) is 9.13. The van der Waals surface area contributed by atoms with Gasteiger partial charge >= 0.3 is 17.8 Å². The molecule has 2 heterocycles. The summed E-state index contributed by atoms with van der Waals surface area (Å²) in [5.41, 5.74) is 0.593. The Morgan fingerprint density at radius 1 is 1.08 bits per heavy atom. The number of amides is 2. The maximum atomic E-state index is 12.5. The van der Waals surface area contributed by atoms with Crippen molar-refractivity contribution >= 4 is 35.2 Å². The highest BCUT2D eigenvalue weighted by Gasteiger charge is 2.25. The summed E-state index contributed by atoms with van der Waals surface area (Å²) < 4.78 is 15.6. The Morgan fingerprint density at radius 2 is 1.84 bits per heavy atom. The van der Waals surface area contributed by atoms with Crippen LogP contribution in [-0.2, 0) is 14.3 Å².